The standard InChI is InChI=1S/C6H8BrNS/c1-4(8)5-2-3-9-6(5)7/h2-4H,8H2,1H3. The molecular formula is C6H8BrNS. The molecule has 1 heterocycles. The number of nitrogens with two attached hydrogens (primary N) is 1. The first-order chi connectivity index (χ1) is 4.22. The van der Waals surface area contributed by atoms with Crippen molar-refractivity contribution in [2.45, 2.75) is 13.0 Å². The van der Waals surface area contributed by atoms with Gasteiger partial charge in [0.25, 0.3) is 0 Å². The second kappa shape index (κ2) is 2.82. The van der Waals surface area contributed by atoms with Crippen LogP contribution in [0.4, 0.5) is 0 Å². The Hall–Kier alpha value is 0.140. The largest absolute Gasteiger partial charge is 0.324 e. The fourth-order valence-corrected chi connectivity index (χ4v) is 2.17. The lowest BCUT2D eigenvalue weighted by molar-refractivity contribution is 0.819. The second-order valence-corrected chi connectivity index (χ2v) is 4.17. The molecule has 1 unspecified atom stereocenters. The van der Waals surface area contributed by atoms with Crippen LogP contribution >= 0.6 is 27.3 Å². The third kappa shape index (κ3) is 1.53. The molecule has 0 fully saturated rings. The van der Waals surface area contributed by atoms with E-state index in [4.69, 9.17) is 5.73 Å². The highest BCUT2D eigenvalue weighted by Crippen LogP contribution is 2.26. The molecule has 1 atom stereocenters. The van der Waals surface area contributed by atoms with Gasteiger partial charge in [-0.1, -0.05) is 0 Å². The van der Waals surface area contributed by atoms with E-state index in [-0.39, 0.29) is 6.04 Å². The third-order valence-corrected chi connectivity index (χ3v) is 2.87. The predicted octanol–water partition coefficient (Wildman–Crippen LogP) is 2.53. The molecule has 1 rings (SSSR count). The van der Waals surface area contributed by atoms with Gasteiger partial charge in [-0.2, -0.15) is 0 Å². The van der Waals surface area contributed by atoms with Crippen LogP contribution in [0.3, 0.4) is 0 Å². The Bertz CT molecular complexity index is 195. The van der Waals surface area contributed by atoms with Gasteiger partial charge in [0.1, 0.15) is 0 Å². The zero-order chi connectivity index (χ0) is 6.85. The molecule has 0 aromatic carbocycles. The van der Waals surface area contributed by atoms with Crippen LogP contribution in [0.1, 0.15) is 18.5 Å². The third-order valence-electron chi connectivity index (χ3n) is 1.14. The number of halogens is 1. The highest BCUT2D eigenvalue weighted by molar-refractivity contribution is 9.11. The van der Waals surface area contributed by atoms with Crippen LogP contribution < -0.4 is 5.73 Å². The van der Waals surface area contributed by atoms with E-state index in [9.17, 15) is 0 Å². The molecule has 0 radical (unpaired) electrons. The summed E-state index contributed by atoms with van der Waals surface area (Å²) in [7, 11) is 0. The molecule has 50 valence electrons. The predicted molar refractivity (Wildman–Crippen MR) is 44.6 cm³/mol. The summed E-state index contributed by atoms with van der Waals surface area (Å²) in [5, 5.41) is 2.03. The molecular weight excluding hydrogens is 198 g/mol. The first kappa shape index (κ1) is 7.25. The topological polar surface area (TPSA) is 26.0 Å². The van der Waals surface area contributed by atoms with Crippen molar-refractivity contribution in [3.05, 3.63) is 20.8 Å². The maximum absolute atomic E-state index is 5.64. The van der Waals surface area contributed by atoms with Crippen molar-refractivity contribution < 1.29 is 0 Å². The van der Waals surface area contributed by atoms with Gasteiger partial charge >= 0.3 is 0 Å². The normalized spacial score (nSPS) is 13.7. The number of thiophene rings is 1. The van der Waals surface area contributed by atoms with E-state index in [0.29, 0.717) is 0 Å². The zero-order valence-corrected chi connectivity index (χ0v) is 7.50. The maximum atomic E-state index is 5.64. The van der Waals surface area contributed by atoms with Crippen LogP contribution in [-0.2, 0) is 0 Å². The van der Waals surface area contributed by atoms with Crippen LogP contribution in [-0.4, -0.2) is 0 Å². The summed E-state index contributed by atoms with van der Waals surface area (Å²) >= 11 is 5.07. The molecule has 9 heavy (non-hydrogen) atoms. The first-order valence-corrected chi connectivity index (χ1v) is 4.37. The van der Waals surface area contributed by atoms with Crippen molar-refractivity contribution in [2.24, 2.45) is 5.73 Å². The lowest BCUT2D eigenvalue weighted by atomic mass is 10.2. The van der Waals surface area contributed by atoms with Gasteiger partial charge in [-0.15, -0.1) is 11.3 Å². The summed E-state index contributed by atoms with van der Waals surface area (Å²) in [4.78, 5) is 0. The summed E-state index contributed by atoms with van der Waals surface area (Å²) in [5.74, 6) is 0. The minimum Gasteiger partial charge on any atom is -0.324 e. The SMILES string of the molecule is CC(N)c1ccsc1Br. The van der Waals surface area contributed by atoms with E-state index in [0.717, 1.165) is 3.79 Å². The molecule has 1 aromatic heterocycles. The molecule has 0 saturated carbocycles. The Morgan fingerprint density at radius 2 is 2.44 bits per heavy atom. The van der Waals surface area contributed by atoms with Crippen LogP contribution in [0.25, 0.3) is 0 Å². The molecule has 1 nitrogen and oxygen atoms in total. The van der Waals surface area contributed by atoms with E-state index in [2.05, 4.69) is 15.9 Å². The van der Waals surface area contributed by atoms with E-state index in [1.807, 2.05) is 18.4 Å². The van der Waals surface area contributed by atoms with Crippen molar-refractivity contribution in [3.63, 3.8) is 0 Å². The molecule has 0 aliphatic rings. The van der Waals surface area contributed by atoms with Gasteiger partial charge < -0.3 is 5.73 Å². The molecule has 2 N–H and O–H groups in total. The number of hydrogen-bond donors (Lipinski definition) is 1. The van der Waals surface area contributed by atoms with E-state index in [1.165, 1.54) is 5.56 Å². The Labute approximate surface area is 67.0 Å². The summed E-state index contributed by atoms with van der Waals surface area (Å²) in [6, 6.07) is 2.19. The van der Waals surface area contributed by atoms with Crippen molar-refractivity contribution in [3.8, 4) is 0 Å². The minimum absolute atomic E-state index is 0.144. The maximum Gasteiger partial charge on any atom is 0.0745 e. The molecule has 3 heteroatoms. The van der Waals surface area contributed by atoms with E-state index < -0.39 is 0 Å². The van der Waals surface area contributed by atoms with Crippen LogP contribution in [0, 0.1) is 0 Å². The van der Waals surface area contributed by atoms with Crippen molar-refractivity contribution in [1.82, 2.24) is 0 Å². The van der Waals surface area contributed by atoms with Crippen LogP contribution in [0.5, 0.6) is 0 Å². The Morgan fingerprint density at radius 3 is 2.67 bits per heavy atom. The zero-order valence-electron chi connectivity index (χ0n) is 5.10. The summed E-state index contributed by atoms with van der Waals surface area (Å²) in [5.41, 5.74) is 6.83. The van der Waals surface area contributed by atoms with Gasteiger partial charge in [-0.05, 0) is 39.9 Å². The monoisotopic (exact) mass is 205 g/mol. The Morgan fingerprint density at radius 1 is 1.78 bits per heavy atom. The molecule has 0 amide bonds. The van der Waals surface area contributed by atoms with Gasteiger partial charge in [-0.25, -0.2) is 0 Å². The van der Waals surface area contributed by atoms with Gasteiger partial charge in [0.15, 0.2) is 0 Å². The van der Waals surface area contributed by atoms with Crippen molar-refractivity contribution in [1.29, 1.82) is 0 Å². The summed E-state index contributed by atoms with van der Waals surface area (Å²) in [6.45, 7) is 1.98. The van der Waals surface area contributed by atoms with Gasteiger partial charge in [-0.3, -0.25) is 0 Å². The average Bonchev–Trinajstić information content (AvgIpc) is 2.13. The van der Waals surface area contributed by atoms with Gasteiger partial charge in [0, 0.05) is 6.04 Å². The Balaban J connectivity index is 2.94. The molecule has 0 aliphatic heterocycles. The summed E-state index contributed by atoms with van der Waals surface area (Å²) in [6.07, 6.45) is 0. The minimum atomic E-state index is 0.144. The van der Waals surface area contributed by atoms with Crippen molar-refractivity contribution >= 4 is 27.3 Å². The smallest absolute Gasteiger partial charge is 0.0745 e. The summed E-state index contributed by atoms with van der Waals surface area (Å²) < 4.78 is 1.15. The molecule has 0 spiro atoms. The Kier molecular flexibility index (Phi) is 2.27. The number of rotatable bonds is 1. The lowest BCUT2D eigenvalue weighted by Gasteiger charge is -2.00. The molecule has 1 aromatic rings. The van der Waals surface area contributed by atoms with Gasteiger partial charge in [0.05, 0.1) is 3.79 Å². The highest BCUT2D eigenvalue weighted by Gasteiger charge is 2.03. The number of hydrogen-bond acceptors (Lipinski definition) is 2. The second-order valence-electron chi connectivity index (χ2n) is 1.94. The van der Waals surface area contributed by atoms with Crippen LogP contribution in [0.2, 0.25) is 0 Å². The first-order valence-electron chi connectivity index (χ1n) is 2.70. The molecule has 0 bridgehead atoms. The highest BCUT2D eigenvalue weighted by atomic mass is 79.9. The molecule has 0 saturated heterocycles. The fraction of sp³-hybridized carbons (Fsp3) is 0.333. The van der Waals surface area contributed by atoms with E-state index >= 15 is 0 Å². The molecule has 0 aliphatic carbocycles. The average molecular weight is 206 g/mol. The van der Waals surface area contributed by atoms with Crippen molar-refractivity contribution in [2.75, 3.05) is 0 Å². The fourth-order valence-electron chi connectivity index (χ4n) is 0.631. The quantitative estimate of drug-likeness (QED) is 0.750. The van der Waals surface area contributed by atoms with Gasteiger partial charge in [0.2, 0.25) is 0 Å². The van der Waals surface area contributed by atoms with E-state index in [1.54, 1.807) is 11.3 Å². The lowest BCUT2D eigenvalue weighted by Crippen LogP contribution is -2.03. The van der Waals surface area contributed by atoms with Crippen LogP contribution in [0.15, 0.2) is 15.2 Å².